The summed E-state index contributed by atoms with van der Waals surface area (Å²) < 4.78 is 26.6. The molecule has 0 saturated carbocycles. The Hall–Kier alpha value is -2.25. The summed E-state index contributed by atoms with van der Waals surface area (Å²) in [4.78, 5) is 15.9. The fraction of sp³-hybridized carbons (Fsp3) is 0.294. The molecule has 1 amide bonds. The second-order valence-corrected chi connectivity index (χ2v) is 7.19. The second kappa shape index (κ2) is 8.56. The maximum Gasteiger partial charge on any atom is 0.240 e. The Morgan fingerprint density at radius 2 is 1.88 bits per heavy atom. The Morgan fingerprint density at radius 1 is 1.12 bits per heavy atom. The molecule has 2 N–H and O–H groups in total. The van der Waals surface area contributed by atoms with Crippen molar-refractivity contribution in [3.63, 3.8) is 0 Å². The summed E-state index contributed by atoms with van der Waals surface area (Å²) in [6.45, 7) is 2.29. The van der Waals surface area contributed by atoms with E-state index in [1.54, 1.807) is 36.7 Å². The molecule has 1 aromatic carbocycles. The highest BCUT2D eigenvalue weighted by molar-refractivity contribution is 7.89. The van der Waals surface area contributed by atoms with Gasteiger partial charge in [-0.2, -0.15) is 0 Å². The molecule has 0 spiro atoms. The lowest BCUT2D eigenvalue weighted by molar-refractivity contribution is -0.121. The SMILES string of the molecule is Cc1ccc(S(=O)(=O)NCCNC(=O)CCc2cccnc2)cc1. The molecule has 1 aromatic heterocycles. The molecule has 0 saturated heterocycles. The van der Waals surface area contributed by atoms with Crippen LogP contribution in [0.25, 0.3) is 0 Å². The number of aryl methyl sites for hydroxylation is 2. The summed E-state index contributed by atoms with van der Waals surface area (Å²) in [5.74, 6) is -0.117. The van der Waals surface area contributed by atoms with E-state index in [2.05, 4.69) is 15.0 Å². The molecule has 24 heavy (non-hydrogen) atoms. The van der Waals surface area contributed by atoms with Gasteiger partial charge in [0.15, 0.2) is 0 Å². The Balaban J connectivity index is 1.70. The van der Waals surface area contributed by atoms with Crippen LogP contribution in [0, 0.1) is 6.92 Å². The molecule has 7 heteroatoms. The van der Waals surface area contributed by atoms with Crippen molar-refractivity contribution in [3.8, 4) is 0 Å². The first-order valence-corrected chi connectivity index (χ1v) is 9.17. The molecule has 0 radical (unpaired) electrons. The van der Waals surface area contributed by atoms with Crippen LogP contribution in [0.3, 0.4) is 0 Å². The first kappa shape index (κ1) is 18.1. The summed E-state index contributed by atoms with van der Waals surface area (Å²) in [5, 5.41) is 2.70. The van der Waals surface area contributed by atoms with Crippen LogP contribution < -0.4 is 10.0 Å². The lowest BCUT2D eigenvalue weighted by atomic mass is 10.1. The van der Waals surface area contributed by atoms with E-state index in [0.717, 1.165) is 11.1 Å². The van der Waals surface area contributed by atoms with Gasteiger partial charge in [0, 0.05) is 31.9 Å². The predicted octanol–water partition coefficient (Wildman–Crippen LogP) is 1.42. The van der Waals surface area contributed by atoms with Gasteiger partial charge in [-0.1, -0.05) is 23.8 Å². The molecule has 0 unspecified atom stereocenters. The van der Waals surface area contributed by atoms with Gasteiger partial charge in [0.25, 0.3) is 0 Å². The highest BCUT2D eigenvalue weighted by atomic mass is 32.2. The fourth-order valence-corrected chi connectivity index (χ4v) is 3.11. The maximum absolute atomic E-state index is 12.1. The van der Waals surface area contributed by atoms with Gasteiger partial charge in [-0.25, -0.2) is 13.1 Å². The van der Waals surface area contributed by atoms with Gasteiger partial charge in [0.2, 0.25) is 15.9 Å². The van der Waals surface area contributed by atoms with Gasteiger partial charge in [-0.15, -0.1) is 0 Å². The third-order valence-corrected chi connectivity index (χ3v) is 4.91. The largest absolute Gasteiger partial charge is 0.355 e. The van der Waals surface area contributed by atoms with E-state index in [0.29, 0.717) is 12.8 Å². The summed E-state index contributed by atoms with van der Waals surface area (Å²) in [7, 11) is -3.54. The number of benzene rings is 1. The van der Waals surface area contributed by atoms with Gasteiger partial charge in [-0.05, 0) is 37.1 Å². The van der Waals surface area contributed by atoms with Gasteiger partial charge in [0.1, 0.15) is 0 Å². The summed E-state index contributed by atoms with van der Waals surface area (Å²) >= 11 is 0. The van der Waals surface area contributed by atoms with Crippen LogP contribution in [0.15, 0.2) is 53.7 Å². The summed E-state index contributed by atoms with van der Waals surface area (Å²) in [6.07, 6.45) is 4.36. The molecule has 0 aliphatic heterocycles. The number of hydrogen-bond acceptors (Lipinski definition) is 4. The highest BCUT2D eigenvalue weighted by Gasteiger charge is 2.12. The molecule has 2 rings (SSSR count). The number of sulfonamides is 1. The topological polar surface area (TPSA) is 88.2 Å². The van der Waals surface area contributed by atoms with Gasteiger partial charge >= 0.3 is 0 Å². The number of carbonyl (C=O) groups is 1. The van der Waals surface area contributed by atoms with Crippen LogP contribution in [0.5, 0.6) is 0 Å². The Bertz CT molecular complexity index is 759. The number of pyridine rings is 1. The first-order valence-electron chi connectivity index (χ1n) is 7.69. The number of carbonyl (C=O) groups excluding carboxylic acids is 1. The van der Waals surface area contributed by atoms with Crippen molar-refractivity contribution in [2.75, 3.05) is 13.1 Å². The predicted molar refractivity (Wildman–Crippen MR) is 91.9 cm³/mol. The quantitative estimate of drug-likeness (QED) is 0.707. The third-order valence-electron chi connectivity index (χ3n) is 3.43. The molecule has 0 aliphatic carbocycles. The number of hydrogen-bond donors (Lipinski definition) is 2. The van der Waals surface area contributed by atoms with E-state index < -0.39 is 10.0 Å². The molecule has 0 atom stereocenters. The normalized spacial score (nSPS) is 11.2. The number of aromatic nitrogens is 1. The molecular formula is C17H21N3O3S. The van der Waals surface area contributed by atoms with Crippen molar-refractivity contribution in [3.05, 3.63) is 59.9 Å². The summed E-state index contributed by atoms with van der Waals surface area (Å²) in [5.41, 5.74) is 1.99. The maximum atomic E-state index is 12.1. The standard InChI is InChI=1S/C17H21N3O3S/c1-14-4-7-16(8-5-14)24(22,23)20-12-11-19-17(21)9-6-15-3-2-10-18-13-15/h2-5,7-8,10,13,20H,6,9,11-12H2,1H3,(H,19,21). The van der Waals surface area contributed by atoms with Crippen molar-refractivity contribution >= 4 is 15.9 Å². The van der Waals surface area contributed by atoms with Crippen LogP contribution >= 0.6 is 0 Å². The molecule has 128 valence electrons. The van der Waals surface area contributed by atoms with Crippen molar-refractivity contribution in [2.45, 2.75) is 24.7 Å². The molecule has 1 heterocycles. The monoisotopic (exact) mass is 347 g/mol. The van der Waals surface area contributed by atoms with E-state index >= 15 is 0 Å². The molecule has 6 nitrogen and oxygen atoms in total. The highest BCUT2D eigenvalue weighted by Crippen LogP contribution is 2.09. The van der Waals surface area contributed by atoms with Gasteiger partial charge in [0.05, 0.1) is 4.90 Å². The number of rotatable bonds is 8. The number of nitrogens with one attached hydrogen (secondary N) is 2. The van der Waals surface area contributed by atoms with Gasteiger partial charge < -0.3 is 5.32 Å². The Morgan fingerprint density at radius 3 is 2.54 bits per heavy atom. The second-order valence-electron chi connectivity index (χ2n) is 5.42. The Labute approximate surface area is 142 Å². The lowest BCUT2D eigenvalue weighted by Gasteiger charge is -2.08. The van der Waals surface area contributed by atoms with E-state index in [-0.39, 0.29) is 23.9 Å². The average molecular weight is 347 g/mol. The molecule has 0 aliphatic rings. The zero-order chi connectivity index (χ0) is 17.4. The minimum absolute atomic E-state index is 0.117. The molecule has 2 aromatic rings. The van der Waals surface area contributed by atoms with Crippen molar-refractivity contribution < 1.29 is 13.2 Å². The van der Waals surface area contributed by atoms with E-state index in [9.17, 15) is 13.2 Å². The van der Waals surface area contributed by atoms with Crippen molar-refractivity contribution in [2.24, 2.45) is 0 Å². The van der Waals surface area contributed by atoms with E-state index in [1.165, 1.54) is 0 Å². The molecular weight excluding hydrogens is 326 g/mol. The number of amides is 1. The van der Waals surface area contributed by atoms with Crippen LogP contribution in [0.1, 0.15) is 17.5 Å². The molecule has 0 bridgehead atoms. The lowest BCUT2D eigenvalue weighted by Crippen LogP contribution is -2.34. The zero-order valence-corrected chi connectivity index (χ0v) is 14.3. The van der Waals surface area contributed by atoms with Crippen molar-refractivity contribution in [1.29, 1.82) is 0 Å². The average Bonchev–Trinajstić information content (AvgIpc) is 2.58. The van der Waals surface area contributed by atoms with Crippen LogP contribution in [-0.4, -0.2) is 32.4 Å². The van der Waals surface area contributed by atoms with Gasteiger partial charge in [-0.3, -0.25) is 9.78 Å². The zero-order valence-electron chi connectivity index (χ0n) is 13.5. The van der Waals surface area contributed by atoms with Crippen molar-refractivity contribution in [1.82, 2.24) is 15.0 Å². The fourth-order valence-electron chi connectivity index (χ4n) is 2.08. The van der Waals surface area contributed by atoms with Crippen LogP contribution in [0.4, 0.5) is 0 Å². The summed E-state index contributed by atoms with van der Waals surface area (Å²) in [6, 6.07) is 10.3. The van der Waals surface area contributed by atoms with E-state index in [1.807, 2.05) is 19.1 Å². The Kier molecular flexibility index (Phi) is 6.45. The van der Waals surface area contributed by atoms with Crippen LogP contribution in [-0.2, 0) is 21.2 Å². The third kappa shape index (κ3) is 5.75. The minimum Gasteiger partial charge on any atom is -0.355 e. The van der Waals surface area contributed by atoms with E-state index in [4.69, 9.17) is 0 Å². The minimum atomic E-state index is -3.54. The molecule has 0 fully saturated rings. The first-order chi connectivity index (χ1) is 11.5. The van der Waals surface area contributed by atoms with Crippen LogP contribution in [0.2, 0.25) is 0 Å². The smallest absolute Gasteiger partial charge is 0.240 e. The number of nitrogens with zero attached hydrogens (tertiary/aromatic N) is 1.